The fourth-order valence-electron chi connectivity index (χ4n) is 9.61. The molecule has 1 amide bonds. The van der Waals surface area contributed by atoms with Gasteiger partial charge in [-0.05, 0) is 49.7 Å². The number of benzene rings is 6. The molecule has 3 heterocycles. The predicted molar refractivity (Wildman–Crippen MR) is 246 cm³/mol. The molecule has 16 N–H and O–H groups in total. The molecule has 74 heavy (non-hydrogen) atoms. The highest BCUT2D eigenvalue weighted by Crippen LogP contribution is 2.59. The van der Waals surface area contributed by atoms with Crippen LogP contribution in [0.2, 0.25) is 0 Å². The third kappa shape index (κ3) is 8.12. The lowest BCUT2D eigenvalue weighted by atomic mass is 9.83. The van der Waals surface area contributed by atoms with Crippen LogP contribution in [0.1, 0.15) is 86.5 Å². The normalized spacial score (nSPS) is 19.0. The first-order chi connectivity index (χ1) is 35.0. The Labute approximate surface area is 414 Å². The summed E-state index contributed by atoms with van der Waals surface area (Å²) in [5.41, 5.74) is -4.25. The maximum Gasteiger partial charge on any atom is 0.338 e. The monoisotopic (exact) mass is 1030 g/mol. The van der Waals surface area contributed by atoms with Gasteiger partial charge in [0.2, 0.25) is 17.4 Å². The lowest BCUT2D eigenvalue weighted by molar-refractivity contribution is -0.128. The van der Waals surface area contributed by atoms with E-state index in [1.165, 1.54) is 4.90 Å². The van der Waals surface area contributed by atoms with E-state index in [0.717, 1.165) is 54.6 Å². The van der Waals surface area contributed by atoms with E-state index in [0.29, 0.717) is 0 Å². The molecule has 3 aliphatic rings. The van der Waals surface area contributed by atoms with E-state index >= 15 is 0 Å². The van der Waals surface area contributed by atoms with E-state index in [1.807, 2.05) is 0 Å². The van der Waals surface area contributed by atoms with Crippen molar-refractivity contribution in [2.45, 2.75) is 63.1 Å². The number of aromatic hydroxyl groups is 16. The number of esters is 2. The molecule has 0 unspecified atom stereocenters. The van der Waals surface area contributed by atoms with Gasteiger partial charge in [0.05, 0.1) is 22.7 Å². The summed E-state index contributed by atoms with van der Waals surface area (Å²) in [6.45, 7) is 1.86. The van der Waals surface area contributed by atoms with Crippen molar-refractivity contribution < 1.29 is 115 Å². The zero-order chi connectivity index (χ0) is 53.5. The van der Waals surface area contributed by atoms with Gasteiger partial charge in [-0.2, -0.15) is 0 Å². The zero-order valence-electron chi connectivity index (χ0n) is 38.1. The van der Waals surface area contributed by atoms with Crippen molar-refractivity contribution in [2.75, 3.05) is 6.54 Å². The quantitative estimate of drug-likeness (QED) is 0.0659. The van der Waals surface area contributed by atoms with Crippen LogP contribution >= 0.6 is 0 Å². The second-order valence-electron chi connectivity index (χ2n) is 17.5. The average Bonchev–Trinajstić information content (AvgIpc) is 3.72. The smallest absolute Gasteiger partial charge is 0.338 e. The lowest BCUT2D eigenvalue weighted by Gasteiger charge is -2.37. The second kappa shape index (κ2) is 18.1. The second-order valence-corrected chi connectivity index (χ2v) is 17.5. The van der Waals surface area contributed by atoms with E-state index in [1.54, 1.807) is 6.92 Å². The Morgan fingerprint density at radius 3 is 1.41 bits per heavy atom. The van der Waals surface area contributed by atoms with Gasteiger partial charge in [0.1, 0.15) is 46.7 Å². The van der Waals surface area contributed by atoms with Crippen LogP contribution in [0.25, 0.3) is 11.1 Å². The van der Waals surface area contributed by atoms with E-state index in [9.17, 15) is 96.1 Å². The zero-order valence-corrected chi connectivity index (χ0v) is 38.1. The third-order valence-electron chi connectivity index (χ3n) is 13.1. The van der Waals surface area contributed by atoms with Crippen molar-refractivity contribution in [3.05, 3.63) is 93.5 Å². The van der Waals surface area contributed by atoms with E-state index in [2.05, 4.69) is 0 Å². The Morgan fingerprint density at radius 2 is 0.946 bits per heavy atom. The molecule has 24 heteroatoms. The molecule has 1 saturated heterocycles. The van der Waals surface area contributed by atoms with Crippen LogP contribution in [0.3, 0.4) is 0 Å². The Bertz CT molecular complexity index is 3320. The minimum Gasteiger partial charge on any atom is -0.508 e. The van der Waals surface area contributed by atoms with Crippen molar-refractivity contribution in [2.24, 2.45) is 0 Å². The van der Waals surface area contributed by atoms with Crippen molar-refractivity contribution >= 4 is 17.8 Å². The number of carbonyl (C=O) groups is 3. The largest absolute Gasteiger partial charge is 0.508 e. The van der Waals surface area contributed by atoms with Gasteiger partial charge in [-0.1, -0.05) is 0 Å². The van der Waals surface area contributed by atoms with Gasteiger partial charge >= 0.3 is 11.9 Å². The molecule has 0 bridgehead atoms. The minimum atomic E-state index is -1.95. The molecular weight excluding hydrogens is 983 g/mol. The number of phenols is 16. The van der Waals surface area contributed by atoms with Crippen LogP contribution < -0.4 is 9.47 Å². The summed E-state index contributed by atoms with van der Waals surface area (Å²) in [5.74, 6) is -19.2. The van der Waals surface area contributed by atoms with Crippen LogP contribution in [0, 0.1) is 0 Å². The molecule has 0 spiro atoms. The van der Waals surface area contributed by atoms with E-state index in [4.69, 9.17) is 18.9 Å². The Hall–Kier alpha value is -9.87. The molecule has 9 rings (SSSR count). The SMILES string of the molecule is CCN1C(=O)CC[C@H]1c1c(O)cc2c(c1O)C[C@@H](OC(=O)c1cc(O)c(O)c(O)c1)[C@@H](c1cc(O)c(O)c(O)c1-c1c([C@H]3Oc4cc(O)cc(O)c4C[C@H]3OC(=O)c3cc(O)c(O)c(O)c3)cc(O)c(O)c1O)O2. The van der Waals surface area contributed by atoms with Gasteiger partial charge in [-0.3, -0.25) is 4.79 Å². The molecule has 386 valence electrons. The van der Waals surface area contributed by atoms with Crippen LogP contribution in [0.5, 0.6) is 103 Å². The van der Waals surface area contributed by atoms with Gasteiger partial charge in [0, 0.05) is 77.4 Å². The van der Waals surface area contributed by atoms with Gasteiger partial charge in [0.25, 0.3) is 0 Å². The lowest BCUT2D eigenvalue weighted by Crippen LogP contribution is -2.36. The molecule has 0 saturated carbocycles. The molecule has 0 aromatic heterocycles. The van der Waals surface area contributed by atoms with Crippen LogP contribution in [0.4, 0.5) is 0 Å². The molecule has 5 atom stereocenters. The molecule has 6 aromatic carbocycles. The Kier molecular flexibility index (Phi) is 12.0. The number of hydrogen-bond acceptors (Lipinski definition) is 23. The van der Waals surface area contributed by atoms with Gasteiger partial charge in [-0.25, -0.2) is 9.59 Å². The number of nitrogens with zero attached hydrogens (tertiary/aromatic N) is 1. The Balaban J connectivity index is 1.25. The number of phenolic OH excluding ortho intramolecular Hbond substituents is 16. The number of rotatable bonds is 9. The van der Waals surface area contributed by atoms with Crippen LogP contribution in [0.15, 0.2) is 54.6 Å². The minimum absolute atomic E-state index is 0.0674. The number of fused-ring (bicyclic) bond motifs is 2. The number of carbonyl (C=O) groups excluding carboxylic acids is 3. The maximum absolute atomic E-state index is 14.0. The van der Waals surface area contributed by atoms with Crippen LogP contribution in [-0.2, 0) is 27.1 Å². The highest BCUT2D eigenvalue weighted by molar-refractivity contribution is 5.93. The van der Waals surface area contributed by atoms with Crippen molar-refractivity contribution in [1.82, 2.24) is 4.90 Å². The first-order valence-electron chi connectivity index (χ1n) is 22.2. The van der Waals surface area contributed by atoms with Crippen molar-refractivity contribution in [1.29, 1.82) is 0 Å². The Morgan fingerprint density at radius 1 is 0.514 bits per heavy atom. The average molecular weight is 1030 g/mol. The summed E-state index contributed by atoms with van der Waals surface area (Å²) in [6.07, 6.45) is -8.34. The number of ether oxygens (including phenoxy) is 4. The highest BCUT2D eigenvalue weighted by atomic mass is 16.6. The topological polar surface area (TPSA) is 415 Å². The maximum atomic E-state index is 14.0. The number of likely N-dealkylation sites (tertiary alicyclic amines) is 1. The summed E-state index contributed by atoms with van der Waals surface area (Å²) >= 11 is 0. The van der Waals surface area contributed by atoms with Gasteiger partial charge in [-0.15, -0.1) is 0 Å². The summed E-state index contributed by atoms with van der Waals surface area (Å²) in [5, 5.41) is 174. The predicted octanol–water partition coefficient (Wildman–Crippen LogP) is 5.13. The van der Waals surface area contributed by atoms with E-state index < -0.39 is 181 Å². The summed E-state index contributed by atoms with van der Waals surface area (Å²) in [4.78, 5) is 42.0. The number of amides is 1. The number of hydrogen-bond donors (Lipinski definition) is 16. The summed E-state index contributed by atoms with van der Waals surface area (Å²) in [6, 6.07) is 6.54. The molecule has 24 nitrogen and oxygen atoms in total. The summed E-state index contributed by atoms with van der Waals surface area (Å²) < 4.78 is 24.3. The standard InChI is InChI=1S/C50H43NO23/c1-2-51-23(3-4-36(51)61)39-25(54)15-33-20(40(39)62)14-35(74-50(70)17-7-28(57)42(64)29(58)8-17)48(72-33)22-12-31(60)44(66)46(68)38(22)37-21(11-30(59)43(65)45(37)67)47-34(13-19-24(53)9-18(52)10-32(19)71-47)73-49(69)16-5-26(55)41(63)27(56)6-16/h5-12,15,23,34-35,47-48,52-60,62-68H,2-4,13-14H2,1H3/t23-,34+,35+,47+,48+/m0/s1. The fraction of sp³-hybridized carbons (Fsp3) is 0.220. The molecular formula is C50H43NO23. The third-order valence-corrected chi connectivity index (χ3v) is 13.1. The fourth-order valence-corrected chi connectivity index (χ4v) is 9.61. The van der Waals surface area contributed by atoms with Gasteiger partial charge in [0.15, 0.2) is 69.7 Å². The van der Waals surface area contributed by atoms with Crippen LogP contribution in [-0.4, -0.2) is 123 Å². The molecule has 0 radical (unpaired) electrons. The van der Waals surface area contributed by atoms with E-state index in [-0.39, 0.29) is 53.5 Å². The highest BCUT2D eigenvalue weighted by Gasteiger charge is 2.45. The molecule has 1 fully saturated rings. The van der Waals surface area contributed by atoms with Crippen molar-refractivity contribution in [3.63, 3.8) is 0 Å². The first-order valence-corrected chi connectivity index (χ1v) is 22.2. The molecule has 0 aliphatic carbocycles. The molecule has 6 aromatic rings. The van der Waals surface area contributed by atoms with Crippen molar-refractivity contribution in [3.8, 4) is 115 Å². The first kappa shape index (κ1) is 49.1. The molecule has 3 aliphatic heterocycles. The summed E-state index contributed by atoms with van der Waals surface area (Å²) in [7, 11) is 0. The van der Waals surface area contributed by atoms with Gasteiger partial charge < -0.3 is 106 Å².